The fourth-order valence-electron chi connectivity index (χ4n) is 4.68. The van der Waals surface area contributed by atoms with Crippen molar-refractivity contribution >= 4 is 50.7 Å². The van der Waals surface area contributed by atoms with Gasteiger partial charge in [0.1, 0.15) is 5.75 Å². The molecule has 0 bridgehead atoms. The van der Waals surface area contributed by atoms with Crippen LogP contribution in [0.2, 0.25) is 15.1 Å². The van der Waals surface area contributed by atoms with Gasteiger partial charge in [0, 0.05) is 53.6 Å². The van der Waals surface area contributed by atoms with E-state index in [2.05, 4.69) is 0 Å². The number of benzene rings is 3. The molecule has 0 aliphatic carbocycles. The minimum atomic E-state index is -3.90. The van der Waals surface area contributed by atoms with Crippen molar-refractivity contribution in [2.75, 3.05) is 26.7 Å². The molecule has 0 aromatic heterocycles. The lowest BCUT2D eigenvalue weighted by molar-refractivity contribution is -0.134. The molecule has 1 fully saturated rings. The molecule has 1 amide bonds. The molecular weight excluding hydrogens is 567 g/mol. The minimum Gasteiger partial charge on any atom is -0.493 e. The molecule has 0 N–H and O–H groups in total. The summed E-state index contributed by atoms with van der Waals surface area (Å²) >= 11 is 18.2. The number of ether oxygens (including phenoxy) is 1. The Balaban J connectivity index is 1.59. The summed E-state index contributed by atoms with van der Waals surface area (Å²) < 4.78 is 34.7. The van der Waals surface area contributed by atoms with Gasteiger partial charge in [-0.1, -0.05) is 65.1 Å². The molecule has 3 aromatic carbocycles. The number of sulfonamides is 1. The summed E-state index contributed by atoms with van der Waals surface area (Å²) in [7, 11) is -2.15. The van der Waals surface area contributed by atoms with Gasteiger partial charge in [-0.15, -0.1) is 0 Å². The van der Waals surface area contributed by atoms with Crippen molar-refractivity contribution < 1.29 is 17.9 Å². The number of hydrogen-bond donors (Lipinski definition) is 0. The van der Waals surface area contributed by atoms with Crippen LogP contribution in [0.3, 0.4) is 0 Å². The van der Waals surface area contributed by atoms with Gasteiger partial charge in [-0.25, -0.2) is 8.42 Å². The van der Waals surface area contributed by atoms with E-state index in [0.717, 1.165) is 5.56 Å². The number of nitrogens with zero attached hydrogens (tertiary/aromatic N) is 2. The summed E-state index contributed by atoms with van der Waals surface area (Å²) in [6.45, 7) is 1.07. The first-order valence-corrected chi connectivity index (χ1v) is 14.8. The third-order valence-electron chi connectivity index (χ3n) is 6.67. The van der Waals surface area contributed by atoms with Crippen molar-refractivity contribution in [2.45, 2.75) is 30.7 Å². The van der Waals surface area contributed by atoms with Gasteiger partial charge in [-0.2, -0.15) is 4.31 Å². The van der Waals surface area contributed by atoms with Crippen LogP contribution in [0.1, 0.15) is 24.8 Å². The van der Waals surface area contributed by atoms with Gasteiger partial charge >= 0.3 is 0 Å². The predicted octanol–water partition coefficient (Wildman–Crippen LogP) is 6.55. The lowest BCUT2D eigenvalue weighted by Crippen LogP contribution is -2.50. The Morgan fingerprint density at radius 1 is 0.974 bits per heavy atom. The Kier molecular flexibility index (Phi) is 9.27. The van der Waals surface area contributed by atoms with E-state index in [1.54, 1.807) is 36.2 Å². The highest BCUT2D eigenvalue weighted by Crippen LogP contribution is 2.38. The van der Waals surface area contributed by atoms with Crippen molar-refractivity contribution in [1.82, 2.24) is 9.21 Å². The standard InChI is InChI=1S/C28H29Cl3N2O4S/c1-32(18-21-6-3-2-4-7-21)27(34)17-28(20-37-25-10-8-22(29)9-11-25)12-5-13-33(19-28)38(35,36)26-15-23(30)14-24(31)16-26/h2-4,6-11,14-16H,5,12-13,17-20H2,1H3/t28-/m0/s1. The van der Waals surface area contributed by atoms with Crippen molar-refractivity contribution in [2.24, 2.45) is 5.41 Å². The van der Waals surface area contributed by atoms with Crippen molar-refractivity contribution in [3.8, 4) is 5.75 Å². The third kappa shape index (κ3) is 7.21. The number of rotatable bonds is 9. The predicted molar refractivity (Wildman–Crippen MR) is 151 cm³/mol. The molecule has 1 saturated heterocycles. The van der Waals surface area contributed by atoms with Crippen molar-refractivity contribution in [3.63, 3.8) is 0 Å². The molecule has 38 heavy (non-hydrogen) atoms. The number of carbonyl (C=O) groups is 1. The zero-order chi connectivity index (χ0) is 27.3. The van der Waals surface area contributed by atoms with Gasteiger partial charge < -0.3 is 9.64 Å². The summed E-state index contributed by atoms with van der Waals surface area (Å²) in [6.07, 6.45) is 1.34. The molecule has 3 aromatic rings. The molecule has 0 spiro atoms. The van der Waals surface area contributed by atoms with Crippen LogP contribution in [0, 0.1) is 5.41 Å². The molecule has 202 valence electrons. The first-order chi connectivity index (χ1) is 18.1. The molecule has 0 unspecified atom stereocenters. The number of piperidine rings is 1. The summed E-state index contributed by atoms with van der Waals surface area (Å²) in [5.41, 5.74) is 0.274. The van der Waals surface area contributed by atoms with Crippen molar-refractivity contribution in [1.29, 1.82) is 0 Å². The third-order valence-corrected chi connectivity index (χ3v) is 9.18. The number of amides is 1. The molecule has 6 nitrogen and oxygen atoms in total. The van der Waals surface area contributed by atoms with Gasteiger partial charge in [-0.05, 0) is 60.9 Å². The van der Waals surface area contributed by atoms with Crippen LogP contribution in [0.15, 0.2) is 77.7 Å². The van der Waals surface area contributed by atoms with Crippen molar-refractivity contribution in [3.05, 3.63) is 93.4 Å². The Hall–Kier alpha value is -2.29. The van der Waals surface area contributed by atoms with E-state index < -0.39 is 15.4 Å². The van der Waals surface area contributed by atoms with E-state index in [1.807, 2.05) is 30.3 Å². The minimum absolute atomic E-state index is 0.0249. The van der Waals surface area contributed by atoms with E-state index in [1.165, 1.54) is 22.5 Å². The monoisotopic (exact) mass is 594 g/mol. The highest BCUT2D eigenvalue weighted by molar-refractivity contribution is 7.89. The summed E-state index contributed by atoms with van der Waals surface area (Å²) in [5, 5.41) is 1.06. The SMILES string of the molecule is CN(Cc1ccccc1)C(=O)C[C@@]1(COc2ccc(Cl)cc2)CCCN(S(=O)(=O)c2cc(Cl)cc(Cl)c2)C1. The lowest BCUT2D eigenvalue weighted by Gasteiger charge is -2.42. The second-order valence-electron chi connectivity index (χ2n) is 9.70. The number of hydrogen-bond acceptors (Lipinski definition) is 4. The molecule has 1 heterocycles. The number of carbonyl (C=O) groups excluding carboxylic acids is 1. The fourth-order valence-corrected chi connectivity index (χ4v) is 7.12. The Bertz CT molecular complexity index is 1350. The topological polar surface area (TPSA) is 66.9 Å². The molecule has 1 aliphatic heterocycles. The highest BCUT2D eigenvalue weighted by atomic mass is 35.5. The Labute approximate surface area is 239 Å². The maximum absolute atomic E-state index is 13.6. The summed E-state index contributed by atoms with van der Waals surface area (Å²) in [5.74, 6) is 0.513. The lowest BCUT2D eigenvalue weighted by atomic mass is 9.78. The molecule has 0 radical (unpaired) electrons. The number of halogens is 3. The van der Waals surface area contributed by atoms with Crippen LogP contribution in [0.25, 0.3) is 0 Å². The Morgan fingerprint density at radius 2 is 1.63 bits per heavy atom. The van der Waals surface area contributed by atoms with Crippen LogP contribution in [0.4, 0.5) is 0 Å². The van der Waals surface area contributed by atoms with E-state index >= 15 is 0 Å². The van der Waals surface area contributed by atoms with E-state index in [0.29, 0.717) is 36.7 Å². The first kappa shape index (κ1) is 28.7. The molecule has 4 rings (SSSR count). The Morgan fingerprint density at radius 3 is 2.29 bits per heavy atom. The molecule has 1 aliphatic rings. The van der Waals surface area contributed by atoms with Gasteiger partial charge in [0.2, 0.25) is 15.9 Å². The van der Waals surface area contributed by atoms with Gasteiger partial charge in [-0.3, -0.25) is 4.79 Å². The van der Waals surface area contributed by atoms with Gasteiger partial charge in [0.15, 0.2) is 0 Å². The maximum atomic E-state index is 13.6. The average molecular weight is 596 g/mol. The summed E-state index contributed by atoms with van der Waals surface area (Å²) in [4.78, 5) is 15.1. The molecular formula is C28H29Cl3N2O4S. The first-order valence-electron chi connectivity index (χ1n) is 12.2. The van der Waals surface area contributed by atoms with E-state index in [4.69, 9.17) is 39.5 Å². The van der Waals surface area contributed by atoms with Crippen LogP contribution in [-0.2, 0) is 21.4 Å². The van der Waals surface area contributed by atoms with Gasteiger partial charge in [0.05, 0.1) is 11.5 Å². The van der Waals surface area contributed by atoms with Crippen LogP contribution >= 0.6 is 34.8 Å². The van der Waals surface area contributed by atoms with Crippen LogP contribution in [-0.4, -0.2) is 50.3 Å². The normalized spacial score (nSPS) is 18.2. The second kappa shape index (κ2) is 12.3. The van der Waals surface area contributed by atoms with E-state index in [-0.39, 0.29) is 40.4 Å². The molecule has 0 saturated carbocycles. The van der Waals surface area contributed by atoms with E-state index in [9.17, 15) is 13.2 Å². The maximum Gasteiger partial charge on any atom is 0.243 e. The van der Waals surface area contributed by atoms with Crippen LogP contribution in [0.5, 0.6) is 5.75 Å². The van der Waals surface area contributed by atoms with Crippen LogP contribution < -0.4 is 4.74 Å². The summed E-state index contributed by atoms with van der Waals surface area (Å²) in [6, 6.07) is 21.0. The average Bonchev–Trinajstić information content (AvgIpc) is 2.88. The quantitative estimate of drug-likeness (QED) is 0.282. The zero-order valence-corrected chi connectivity index (χ0v) is 24.0. The fraction of sp³-hybridized carbons (Fsp3) is 0.321. The molecule has 1 atom stereocenters. The smallest absolute Gasteiger partial charge is 0.243 e. The zero-order valence-electron chi connectivity index (χ0n) is 20.9. The highest BCUT2D eigenvalue weighted by Gasteiger charge is 2.43. The second-order valence-corrected chi connectivity index (χ2v) is 12.9. The van der Waals surface area contributed by atoms with Gasteiger partial charge in [0.25, 0.3) is 0 Å². The molecule has 10 heteroatoms. The largest absolute Gasteiger partial charge is 0.493 e.